The van der Waals surface area contributed by atoms with Crippen molar-refractivity contribution in [1.29, 1.82) is 0 Å². The predicted octanol–water partition coefficient (Wildman–Crippen LogP) is 3.33. The van der Waals surface area contributed by atoms with Crippen LogP contribution in [0.25, 0.3) is 0 Å². The Morgan fingerprint density at radius 2 is 2.05 bits per heavy atom. The minimum Gasteiger partial charge on any atom is -0.383 e. The molecule has 4 nitrogen and oxygen atoms in total. The Labute approximate surface area is 138 Å². The van der Waals surface area contributed by atoms with E-state index in [9.17, 15) is 4.79 Å². The summed E-state index contributed by atoms with van der Waals surface area (Å²) in [5.41, 5.74) is 4.74. The molecule has 0 aromatic heterocycles. The van der Waals surface area contributed by atoms with E-state index in [0.29, 0.717) is 27.1 Å². The molecule has 112 valence electrons. The molecule has 0 saturated carbocycles. The number of carbonyl (C=O) groups is 1. The van der Waals surface area contributed by atoms with E-state index in [4.69, 9.17) is 23.2 Å². The number of amides is 1. The highest BCUT2D eigenvalue weighted by atomic mass is 35.5. The number of thioether (sulfide) groups is 1. The molecule has 1 aromatic carbocycles. The number of rotatable bonds is 4. The fourth-order valence-electron chi connectivity index (χ4n) is 1.76. The fourth-order valence-corrected chi connectivity index (χ4v) is 3.27. The first-order valence-electron chi connectivity index (χ1n) is 6.22. The van der Waals surface area contributed by atoms with E-state index in [1.54, 1.807) is 12.3 Å². The van der Waals surface area contributed by atoms with Crippen molar-refractivity contribution in [2.75, 3.05) is 19.8 Å². The van der Waals surface area contributed by atoms with E-state index in [1.165, 1.54) is 11.8 Å². The van der Waals surface area contributed by atoms with Gasteiger partial charge >= 0.3 is 0 Å². The topological polar surface area (TPSA) is 44.7 Å². The van der Waals surface area contributed by atoms with Gasteiger partial charge in [0.2, 0.25) is 0 Å². The van der Waals surface area contributed by atoms with E-state index in [1.807, 2.05) is 32.0 Å². The lowest BCUT2D eigenvalue weighted by Gasteiger charge is -2.09. The van der Waals surface area contributed by atoms with Gasteiger partial charge in [-0.25, -0.2) is 5.43 Å². The number of hydrazone groups is 1. The number of halogens is 2. The van der Waals surface area contributed by atoms with Gasteiger partial charge in [0.05, 0.1) is 16.3 Å². The normalized spacial score (nSPS) is 16.1. The predicted molar refractivity (Wildman–Crippen MR) is 89.3 cm³/mol. The average molecular weight is 344 g/mol. The summed E-state index contributed by atoms with van der Waals surface area (Å²) in [7, 11) is 3.73. The monoisotopic (exact) mass is 343 g/mol. The van der Waals surface area contributed by atoms with Crippen LogP contribution in [0.3, 0.4) is 0 Å². The van der Waals surface area contributed by atoms with Gasteiger partial charge in [0, 0.05) is 36.0 Å². The van der Waals surface area contributed by atoms with Gasteiger partial charge in [-0.15, -0.1) is 11.8 Å². The van der Waals surface area contributed by atoms with Crippen LogP contribution in [-0.2, 0) is 4.79 Å². The SMILES string of the molecule is Cc1cc(SCC2=NNC(=O)/C2=C/N(C)C)c(Cl)cc1Cl. The van der Waals surface area contributed by atoms with Crippen molar-refractivity contribution in [3.05, 3.63) is 39.5 Å². The van der Waals surface area contributed by atoms with Crippen molar-refractivity contribution in [3.8, 4) is 0 Å². The minimum atomic E-state index is -0.183. The number of aryl methyl sites for hydroxylation is 1. The van der Waals surface area contributed by atoms with Crippen LogP contribution in [0.15, 0.2) is 33.9 Å². The Balaban J connectivity index is 2.13. The van der Waals surface area contributed by atoms with Crippen molar-refractivity contribution in [3.63, 3.8) is 0 Å². The Morgan fingerprint density at radius 3 is 2.71 bits per heavy atom. The summed E-state index contributed by atoms with van der Waals surface area (Å²) in [6.07, 6.45) is 1.76. The number of nitrogens with zero attached hydrogens (tertiary/aromatic N) is 2. The standard InChI is InChI=1S/C14H15Cl2N3OS/c1-8-4-13(11(16)5-10(8)15)21-7-12-9(6-19(2)3)14(20)18-17-12/h4-6H,7H2,1-3H3,(H,18,20)/b9-6+. The average Bonchev–Trinajstić information content (AvgIpc) is 2.73. The molecule has 1 aliphatic rings. The lowest BCUT2D eigenvalue weighted by Crippen LogP contribution is -2.17. The maximum Gasteiger partial charge on any atom is 0.274 e. The molecule has 21 heavy (non-hydrogen) atoms. The maximum absolute atomic E-state index is 11.7. The summed E-state index contributed by atoms with van der Waals surface area (Å²) in [6, 6.07) is 3.67. The molecule has 0 saturated heterocycles. The third-order valence-corrected chi connectivity index (χ3v) is 4.71. The number of carbonyl (C=O) groups excluding carboxylic acids is 1. The van der Waals surface area contributed by atoms with Gasteiger partial charge in [-0.05, 0) is 24.6 Å². The molecule has 0 bridgehead atoms. The molecule has 0 radical (unpaired) electrons. The molecule has 0 spiro atoms. The zero-order valence-corrected chi connectivity index (χ0v) is 14.2. The van der Waals surface area contributed by atoms with Gasteiger partial charge in [0.1, 0.15) is 0 Å². The second kappa shape index (κ2) is 6.73. The summed E-state index contributed by atoms with van der Waals surface area (Å²) in [4.78, 5) is 14.5. The molecular weight excluding hydrogens is 329 g/mol. The maximum atomic E-state index is 11.7. The van der Waals surface area contributed by atoms with E-state index in [-0.39, 0.29) is 5.91 Å². The first kappa shape index (κ1) is 16.2. The molecule has 0 fully saturated rings. The van der Waals surface area contributed by atoms with Crippen LogP contribution in [0.1, 0.15) is 5.56 Å². The van der Waals surface area contributed by atoms with E-state index in [2.05, 4.69) is 10.5 Å². The first-order valence-corrected chi connectivity index (χ1v) is 7.96. The van der Waals surface area contributed by atoms with Crippen LogP contribution in [0, 0.1) is 6.92 Å². The minimum absolute atomic E-state index is 0.183. The summed E-state index contributed by atoms with van der Waals surface area (Å²) in [6.45, 7) is 1.93. The van der Waals surface area contributed by atoms with Crippen LogP contribution in [-0.4, -0.2) is 36.4 Å². The number of hydrogen-bond donors (Lipinski definition) is 1. The Hall–Kier alpha value is -1.17. The van der Waals surface area contributed by atoms with Crippen LogP contribution in [0.4, 0.5) is 0 Å². The Kier molecular flexibility index (Phi) is 5.19. The van der Waals surface area contributed by atoms with Crippen molar-refractivity contribution >= 4 is 46.6 Å². The Morgan fingerprint density at radius 1 is 1.33 bits per heavy atom. The third-order valence-electron chi connectivity index (χ3n) is 2.81. The van der Waals surface area contributed by atoms with Crippen LogP contribution >= 0.6 is 35.0 Å². The molecule has 7 heteroatoms. The van der Waals surface area contributed by atoms with Crippen molar-refractivity contribution in [2.45, 2.75) is 11.8 Å². The molecule has 1 heterocycles. The zero-order valence-electron chi connectivity index (χ0n) is 11.9. The smallest absolute Gasteiger partial charge is 0.274 e. The summed E-state index contributed by atoms with van der Waals surface area (Å²) >= 11 is 13.7. The highest BCUT2D eigenvalue weighted by Crippen LogP contribution is 2.32. The van der Waals surface area contributed by atoms with E-state index < -0.39 is 0 Å². The molecule has 2 rings (SSSR count). The van der Waals surface area contributed by atoms with Gasteiger partial charge in [-0.1, -0.05) is 23.2 Å². The number of hydrogen-bond acceptors (Lipinski definition) is 4. The van der Waals surface area contributed by atoms with Gasteiger partial charge in [0.25, 0.3) is 5.91 Å². The molecule has 1 N–H and O–H groups in total. The van der Waals surface area contributed by atoms with Gasteiger partial charge in [-0.2, -0.15) is 5.10 Å². The summed E-state index contributed by atoms with van der Waals surface area (Å²) in [5.74, 6) is 0.372. The second-order valence-electron chi connectivity index (χ2n) is 4.83. The van der Waals surface area contributed by atoms with E-state index in [0.717, 1.165) is 10.5 Å². The molecule has 1 amide bonds. The first-order chi connectivity index (χ1) is 9.88. The highest BCUT2D eigenvalue weighted by molar-refractivity contribution is 8.00. The van der Waals surface area contributed by atoms with Gasteiger partial charge < -0.3 is 4.90 Å². The zero-order chi connectivity index (χ0) is 15.6. The third kappa shape index (κ3) is 3.93. The summed E-state index contributed by atoms with van der Waals surface area (Å²) < 4.78 is 0. The highest BCUT2D eigenvalue weighted by Gasteiger charge is 2.23. The van der Waals surface area contributed by atoms with Crippen LogP contribution < -0.4 is 5.43 Å². The lowest BCUT2D eigenvalue weighted by molar-refractivity contribution is -0.116. The molecule has 0 atom stereocenters. The number of benzene rings is 1. The van der Waals surface area contributed by atoms with Gasteiger partial charge in [0.15, 0.2) is 0 Å². The Bertz CT molecular complexity index is 641. The summed E-state index contributed by atoms with van der Waals surface area (Å²) in [5, 5.41) is 5.32. The molecule has 1 aromatic rings. The van der Waals surface area contributed by atoms with Crippen molar-refractivity contribution < 1.29 is 4.79 Å². The van der Waals surface area contributed by atoms with Crippen molar-refractivity contribution in [2.24, 2.45) is 5.10 Å². The van der Waals surface area contributed by atoms with Crippen molar-refractivity contribution in [1.82, 2.24) is 10.3 Å². The quantitative estimate of drug-likeness (QED) is 0.673. The fraction of sp³-hybridized carbons (Fsp3) is 0.286. The second-order valence-corrected chi connectivity index (χ2v) is 6.66. The van der Waals surface area contributed by atoms with Crippen LogP contribution in [0.5, 0.6) is 0 Å². The van der Waals surface area contributed by atoms with E-state index >= 15 is 0 Å². The molecule has 0 unspecified atom stereocenters. The lowest BCUT2D eigenvalue weighted by atomic mass is 10.2. The van der Waals surface area contributed by atoms with Gasteiger partial charge in [-0.3, -0.25) is 4.79 Å². The van der Waals surface area contributed by atoms with Crippen LogP contribution in [0.2, 0.25) is 10.0 Å². The largest absolute Gasteiger partial charge is 0.383 e. The molecule has 1 aliphatic heterocycles. The molecule has 0 aliphatic carbocycles. The number of nitrogens with one attached hydrogen (secondary N) is 1. The molecular formula is C14H15Cl2N3OS.